The van der Waals surface area contributed by atoms with Gasteiger partial charge in [0.15, 0.2) is 12.0 Å². The summed E-state index contributed by atoms with van der Waals surface area (Å²) >= 11 is 0. The Kier molecular flexibility index (Phi) is 4.21. The third-order valence-electron chi connectivity index (χ3n) is 6.42. The molecule has 2 fully saturated rings. The van der Waals surface area contributed by atoms with Crippen LogP contribution in [-0.2, 0) is 0 Å². The fourth-order valence-electron chi connectivity index (χ4n) is 4.91. The van der Waals surface area contributed by atoms with E-state index in [1.807, 2.05) is 19.1 Å². The summed E-state index contributed by atoms with van der Waals surface area (Å²) < 4.78 is 16.6. The van der Waals surface area contributed by atoms with Crippen molar-refractivity contribution in [1.29, 1.82) is 5.26 Å². The van der Waals surface area contributed by atoms with Crippen LogP contribution in [0.4, 0.5) is 4.39 Å². The molecule has 2 bridgehead atoms. The Labute approximate surface area is 173 Å². The lowest BCUT2D eigenvalue weighted by Gasteiger charge is -2.30. The predicted octanol–water partition coefficient (Wildman–Crippen LogP) is 3.03. The van der Waals surface area contributed by atoms with Crippen molar-refractivity contribution < 1.29 is 9.18 Å². The minimum atomic E-state index is -0.589. The molecule has 0 unspecified atom stereocenters. The van der Waals surface area contributed by atoms with E-state index in [0.29, 0.717) is 16.7 Å². The van der Waals surface area contributed by atoms with Crippen LogP contribution in [0.3, 0.4) is 0 Å². The van der Waals surface area contributed by atoms with Crippen molar-refractivity contribution in [3.05, 3.63) is 53.6 Å². The van der Waals surface area contributed by atoms with Crippen molar-refractivity contribution in [2.24, 2.45) is 0 Å². The first-order valence-electron chi connectivity index (χ1n) is 10.0. The van der Waals surface area contributed by atoms with Crippen LogP contribution in [0.5, 0.6) is 0 Å². The third kappa shape index (κ3) is 2.73. The molecule has 0 radical (unpaired) electrons. The average Bonchev–Trinajstić information content (AvgIpc) is 3.44. The van der Waals surface area contributed by atoms with E-state index in [2.05, 4.69) is 16.3 Å². The number of nitrogens with zero attached hydrogens (tertiary/aromatic N) is 6. The maximum atomic E-state index is 15.0. The van der Waals surface area contributed by atoms with Crippen LogP contribution >= 0.6 is 0 Å². The minimum absolute atomic E-state index is 0.0213. The van der Waals surface area contributed by atoms with Gasteiger partial charge in [0.2, 0.25) is 0 Å². The number of carbonyl (C=O) groups is 1. The molecule has 3 aromatic rings. The van der Waals surface area contributed by atoms with Crippen molar-refractivity contribution in [1.82, 2.24) is 24.6 Å². The zero-order valence-corrected chi connectivity index (χ0v) is 16.8. The largest absolute Gasteiger partial charge is 0.336 e. The Hall–Kier alpha value is -3.47. The van der Waals surface area contributed by atoms with Crippen molar-refractivity contribution in [2.45, 2.75) is 44.3 Å². The molecule has 0 spiro atoms. The van der Waals surface area contributed by atoms with E-state index in [1.165, 1.54) is 6.07 Å². The Balaban J connectivity index is 1.47. The van der Waals surface area contributed by atoms with Crippen LogP contribution in [0, 0.1) is 24.2 Å². The Bertz CT molecular complexity index is 1200. The number of hydrogen-bond donors (Lipinski definition) is 0. The van der Waals surface area contributed by atoms with Crippen molar-refractivity contribution in [3.63, 3.8) is 0 Å². The summed E-state index contributed by atoms with van der Waals surface area (Å²) in [6, 6.07) is 8.59. The molecule has 0 N–H and O–H groups in total. The fourth-order valence-corrected chi connectivity index (χ4v) is 4.91. The molecule has 152 valence electrons. The smallest absolute Gasteiger partial charge is 0.256 e. The van der Waals surface area contributed by atoms with E-state index in [4.69, 9.17) is 0 Å². The molecule has 4 heterocycles. The lowest BCUT2D eigenvalue weighted by atomic mass is 9.94. The second-order valence-corrected chi connectivity index (χ2v) is 8.11. The van der Waals surface area contributed by atoms with Gasteiger partial charge < -0.3 is 9.80 Å². The van der Waals surface area contributed by atoms with Gasteiger partial charge in [-0.2, -0.15) is 10.4 Å². The number of halogens is 1. The number of pyridine rings is 1. The molecule has 1 amide bonds. The van der Waals surface area contributed by atoms with Crippen LogP contribution in [-0.4, -0.2) is 55.6 Å². The molecule has 2 aliphatic rings. The molecular formula is C22H21FN6O. The molecule has 2 aliphatic heterocycles. The van der Waals surface area contributed by atoms with Crippen molar-refractivity contribution in [2.75, 3.05) is 7.05 Å². The lowest BCUT2D eigenvalue weighted by molar-refractivity contribution is 0.0695. The van der Waals surface area contributed by atoms with Crippen LogP contribution in [0.25, 0.3) is 16.7 Å². The zero-order chi connectivity index (χ0) is 21.0. The summed E-state index contributed by atoms with van der Waals surface area (Å²) in [5, 5.41) is 14.4. The summed E-state index contributed by atoms with van der Waals surface area (Å²) in [6.45, 7) is 1.88. The average molecular weight is 404 g/mol. The van der Waals surface area contributed by atoms with Gasteiger partial charge in [0, 0.05) is 30.2 Å². The SMILES string of the molecule is Cc1cccc(-n2ncc3cc(C(=O)N(C)[C@@H]4C[C@@H]5CC[C@H]4N5C#N)c(F)cc32)n1. The Morgan fingerprint density at radius 1 is 1.33 bits per heavy atom. The van der Waals surface area contributed by atoms with E-state index in [9.17, 15) is 10.1 Å². The predicted molar refractivity (Wildman–Crippen MR) is 108 cm³/mol. The van der Waals surface area contributed by atoms with Gasteiger partial charge in [0.25, 0.3) is 5.91 Å². The Morgan fingerprint density at radius 2 is 2.17 bits per heavy atom. The number of benzene rings is 1. The summed E-state index contributed by atoms with van der Waals surface area (Å²) in [7, 11) is 1.70. The van der Waals surface area contributed by atoms with E-state index >= 15 is 4.39 Å². The van der Waals surface area contributed by atoms with Gasteiger partial charge in [-0.3, -0.25) is 4.79 Å². The topological polar surface area (TPSA) is 78.0 Å². The summed E-state index contributed by atoms with van der Waals surface area (Å²) in [4.78, 5) is 21.0. The first-order chi connectivity index (χ1) is 14.5. The van der Waals surface area contributed by atoms with Gasteiger partial charge in [-0.05, 0) is 44.4 Å². The second-order valence-electron chi connectivity index (χ2n) is 8.11. The number of hydrogen-bond acceptors (Lipinski definition) is 5. The number of rotatable bonds is 3. The monoisotopic (exact) mass is 404 g/mol. The van der Waals surface area contributed by atoms with Gasteiger partial charge in [0.1, 0.15) is 5.82 Å². The quantitative estimate of drug-likeness (QED) is 0.627. The molecule has 30 heavy (non-hydrogen) atoms. The molecule has 5 rings (SSSR count). The molecule has 0 aliphatic carbocycles. The van der Waals surface area contributed by atoms with E-state index < -0.39 is 5.82 Å². The highest BCUT2D eigenvalue weighted by atomic mass is 19.1. The number of aryl methyl sites for hydroxylation is 1. The maximum absolute atomic E-state index is 15.0. The molecule has 2 saturated heterocycles. The number of likely N-dealkylation sites (N-methyl/N-ethyl adjacent to an activating group) is 1. The normalized spacial score (nSPS) is 22.5. The van der Waals surface area contributed by atoms with E-state index in [1.54, 1.807) is 39.9 Å². The van der Waals surface area contributed by atoms with Crippen LogP contribution < -0.4 is 0 Å². The number of aromatic nitrogens is 3. The number of fused-ring (bicyclic) bond motifs is 3. The number of amides is 1. The second kappa shape index (κ2) is 6.80. The van der Waals surface area contributed by atoms with Gasteiger partial charge >= 0.3 is 0 Å². The number of nitriles is 1. The molecule has 2 aromatic heterocycles. The molecule has 7 nitrogen and oxygen atoms in total. The maximum Gasteiger partial charge on any atom is 0.256 e. The Morgan fingerprint density at radius 3 is 2.90 bits per heavy atom. The van der Waals surface area contributed by atoms with E-state index in [0.717, 1.165) is 25.0 Å². The van der Waals surface area contributed by atoms with Gasteiger partial charge in [0.05, 0.1) is 29.4 Å². The highest BCUT2D eigenvalue weighted by Crippen LogP contribution is 2.39. The van der Waals surface area contributed by atoms with Crippen molar-refractivity contribution in [3.8, 4) is 12.0 Å². The molecule has 8 heteroatoms. The van der Waals surface area contributed by atoms with Gasteiger partial charge in [-0.1, -0.05) is 6.07 Å². The molecule has 1 aromatic carbocycles. The van der Waals surface area contributed by atoms with Gasteiger partial charge in [-0.15, -0.1) is 0 Å². The minimum Gasteiger partial charge on any atom is -0.336 e. The van der Waals surface area contributed by atoms with E-state index in [-0.39, 0.29) is 29.6 Å². The first kappa shape index (κ1) is 18.6. The molecule has 3 atom stereocenters. The first-order valence-corrected chi connectivity index (χ1v) is 10.0. The summed E-state index contributed by atoms with van der Waals surface area (Å²) in [5.41, 5.74) is 1.41. The third-order valence-corrected chi connectivity index (χ3v) is 6.42. The number of carbonyl (C=O) groups excluding carboxylic acids is 1. The highest BCUT2D eigenvalue weighted by Gasteiger charge is 2.48. The standard InChI is InChI=1S/C22H21FN6O/c1-13-4-3-5-21(26-13)29-19-10-17(23)16(8-14(19)11-25-29)22(30)27(2)20-9-15-6-7-18(20)28(15)12-24/h3-5,8,10-11,15,18,20H,6-7,9H2,1-2H3/t15-,18+,20+/m0/s1. The van der Waals surface area contributed by atoms with Crippen LogP contribution in [0.15, 0.2) is 36.5 Å². The van der Waals surface area contributed by atoms with Gasteiger partial charge in [-0.25, -0.2) is 14.1 Å². The zero-order valence-electron chi connectivity index (χ0n) is 16.8. The highest BCUT2D eigenvalue weighted by molar-refractivity contribution is 5.98. The molecular weight excluding hydrogens is 383 g/mol. The molecule has 0 saturated carbocycles. The lowest BCUT2D eigenvalue weighted by Crippen LogP contribution is -2.44. The summed E-state index contributed by atoms with van der Waals surface area (Å²) in [5.74, 6) is -0.362. The van der Waals surface area contributed by atoms with Crippen LogP contribution in [0.2, 0.25) is 0 Å². The van der Waals surface area contributed by atoms with Crippen LogP contribution in [0.1, 0.15) is 35.3 Å². The fraction of sp³-hybridized carbons (Fsp3) is 0.364. The summed E-state index contributed by atoms with van der Waals surface area (Å²) in [6.07, 6.45) is 6.48. The van der Waals surface area contributed by atoms with Crippen molar-refractivity contribution >= 4 is 16.8 Å².